The van der Waals surface area contributed by atoms with Crippen LogP contribution in [0.15, 0.2) is 0 Å². The minimum Gasteiger partial charge on any atom is -1.00 e. The van der Waals surface area contributed by atoms with E-state index in [4.69, 9.17) is 26.6 Å². The van der Waals surface area contributed by atoms with Gasteiger partial charge < -0.3 is 41.2 Å². The molecule has 0 aliphatic rings. The van der Waals surface area contributed by atoms with Gasteiger partial charge in [-0.2, -0.15) is 8.42 Å². The standard InChI is InChI=1S/2Na.H2O3S2.H2O3S.7H2O.2H/c;;1-5(2,3)4;1-4(2)3;;;;;;;;;/h;;(H2,1,2,3,4);(H2,1,2,3);7*1H2;;/q2*+1;;;;;;;;;;2*-1. The van der Waals surface area contributed by atoms with Crippen LogP contribution < -0.4 is 59.1 Å². The molecule has 0 atom stereocenters. The van der Waals surface area contributed by atoms with E-state index < -0.39 is 20.4 Å². The molecular weight excluding hydrogens is 350 g/mol. The maximum atomic E-state index is 9.11. The van der Waals surface area contributed by atoms with Crippen LogP contribution in [0, 0.1) is 0 Å². The minimum absolute atomic E-state index is 0. The predicted octanol–water partition coefficient (Wildman–Crippen LogP) is -12.2. The van der Waals surface area contributed by atoms with Crippen molar-refractivity contribution in [2.75, 3.05) is 0 Å². The fraction of sp³-hybridized carbons (Fsp3) is 0. The third-order valence-electron chi connectivity index (χ3n) is 0. The van der Waals surface area contributed by atoms with E-state index in [0.29, 0.717) is 0 Å². The third-order valence-corrected chi connectivity index (χ3v) is 0. The molecule has 18 heavy (non-hydrogen) atoms. The van der Waals surface area contributed by atoms with Gasteiger partial charge in [-0.3, -0.25) is 18.2 Å². The third kappa shape index (κ3) is 1220. The van der Waals surface area contributed by atoms with Crippen LogP contribution in [0.4, 0.5) is 0 Å². The summed E-state index contributed by atoms with van der Waals surface area (Å²) < 4.78 is 46.8. The second-order valence-electron chi connectivity index (χ2n) is 0.679. The first-order valence-corrected chi connectivity index (χ1v) is 4.69. The second-order valence-corrected chi connectivity index (χ2v) is 3.34. The topological polar surface area (TPSA) is 336 Å². The molecule has 0 aliphatic heterocycles. The molecule has 0 aliphatic carbocycles. The molecule has 0 unspecified atom stereocenters. The number of rotatable bonds is 0. The molecule has 0 radical (unpaired) electrons. The first-order chi connectivity index (χ1) is 3.73. The van der Waals surface area contributed by atoms with Crippen molar-refractivity contribution in [3.05, 3.63) is 0 Å². The molecule has 0 aromatic rings. The van der Waals surface area contributed by atoms with E-state index in [1.54, 1.807) is 0 Å². The van der Waals surface area contributed by atoms with E-state index in [1.165, 1.54) is 0 Å². The van der Waals surface area contributed by atoms with Gasteiger partial charge in [0.05, 0.1) is 0 Å². The molecule has 0 amide bonds. The van der Waals surface area contributed by atoms with Crippen LogP contribution in [0.1, 0.15) is 2.85 Å². The van der Waals surface area contributed by atoms with Crippen molar-refractivity contribution in [3.8, 4) is 0 Å². The summed E-state index contributed by atoms with van der Waals surface area (Å²) in [5.41, 5.74) is 0. The Labute approximate surface area is 157 Å². The van der Waals surface area contributed by atoms with Crippen molar-refractivity contribution in [2.24, 2.45) is 0 Å². The van der Waals surface area contributed by atoms with Gasteiger partial charge in [0.1, 0.15) is 0 Å². The molecule has 0 spiro atoms. The van der Waals surface area contributed by atoms with Crippen molar-refractivity contribution in [2.45, 2.75) is 0 Å². The summed E-state index contributed by atoms with van der Waals surface area (Å²) in [6, 6.07) is 0. The maximum absolute atomic E-state index is 9.11. The molecule has 0 bridgehead atoms. The van der Waals surface area contributed by atoms with E-state index in [0.717, 1.165) is 0 Å². The summed E-state index contributed by atoms with van der Waals surface area (Å²) in [5, 5.41) is 0. The summed E-state index contributed by atoms with van der Waals surface area (Å²) >= 11 is 0.854. The van der Waals surface area contributed by atoms with Crippen molar-refractivity contribution >= 4 is 31.6 Å². The first-order valence-electron chi connectivity index (χ1n) is 1.23. The van der Waals surface area contributed by atoms with Crippen LogP contribution in [-0.4, -0.2) is 65.0 Å². The Morgan fingerprint density at radius 3 is 0.833 bits per heavy atom. The van der Waals surface area contributed by atoms with Gasteiger partial charge in [0, 0.05) is 11.2 Å². The second kappa shape index (κ2) is 50.8. The van der Waals surface area contributed by atoms with Crippen LogP contribution in [0.5, 0.6) is 0 Å². The quantitative estimate of drug-likeness (QED) is 0.235. The molecule has 0 saturated heterocycles. The Morgan fingerprint density at radius 2 is 0.833 bits per heavy atom. The molecular formula is H20Na2O13S3. The average molecular weight is 370 g/mol. The molecule has 0 aromatic carbocycles. The SMILES string of the molecule is O.O.O.O.O.O.O.O=S(O)(O)=S.O=S(O)O.[H-].[H-].[Na+].[Na+]. The van der Waals surface area contributed by atoms with Gasteiger partial charge in [0.15, 0.2) is 0 Å². The summed E-state index contributed by atoms with van der Waals surface area (Å²) in [5.74, 6) is 0. The van der Waals surface area contributed by atoms with E-state index in [-0.39, 0.29) is 100 Å². The van der Waals surface area contributed by atoms with Gasteiger partial charge in [-0.15, -0.1) is 0 Å². The smallest absolute Gasteiger partial charge is 1.00 e. The maximum Gasteiger partial charge on any atom is 1.00 e. The summed E-state index contributed by atoms with van der Waals surface area (Å²) in [6.45, 7) is 0. The Hall–Kier alpha value is 2.08. The van der Waals surface area contributed by atoms with E-state index >= 15 is 0 Å². The average Bonchev–Trinajstić information content (AvgIpc) is 1.19. The van der Waals surface area contributed by atoms with Crippen LogP contribution in [0.25, 0.3) is 0 Å². The van der Waals surface area contributed by atoms with E-state index in [9.17, 15) is 0 Å². The monoisotopic (exact) mass is 370 g/mol. The Balaban J connectivity index is -0.00000000289. The van der Waals surface area contributed by atoms with Gasteiger partial charge in [-0.1, -0.05) is 0 Å². The molecule has 0 aromatic heterocycles. The fourth-order valence-corrected chi connectivity index (χ4v) is 0. The number of hydrogen-bond donors (Lipinski definition) is 4. The molecule has 13 nitrogen and oxygen atoms in total. The molecule has 118 valence electrons. The molecule has 0 heterocycles. The van der Waals surface area contributed by atoms with Gasteiger partial charge in [0.25, 0.3) is 20.4 Å². The zero-order chi connectivity index (χ0) is 8.08. The Bertz CT molecular complexity index is 172. The van der Waals surface area contributed by atoms with Crippen LogP contribution >= 0.6 is 0 Å². The largest absolute Gasteiger partial charge is 1.00 e. The predicted molar refractivity (Wildman–Crippen MR) is 61.7 cm³/mol. The normalized spacial score (nSPS) is 5.17. The van der Waals surface area contributed by atoms with Gasteiger partial charge in [-0.05, 0) is 0 Å². The van der Waals surface area contributed by atoms with Crippen molar-refractivity contribution in [3.63, 3.8) is 0 Å². The van der Waals surface area contributed by atoms with Crippen LogP contribution in [0.2, 0.25) is 0 Å². The van der Waals surface area contributed by atoms with Crippen molar-refractivity contribution in [1.29, 1.82) is 0 Å². The molecule has 18 N–H and O–H groups in total. The Kier molecular flexibility index (Phi) is 250. The molecule has 18 heteroatoms. The van der Waals surface area contributed by atoms with Gasteiger partial charge in [0.2, 0.25) is 0 Å². The molecule has 0 saturated carbocycles. The van der Waals surface area contributed by atoms with Crippen molar-refractivity contribution < 1.29 is 127 Å². The molecule has 0 fully saturated rings. The minimum atomic E-state index is -3.83. The molecule has 0 rings (SSSR count). The van der Waals surface area contributed by atoms with Crippen molar-refractivity contribution in [1.82, 2.24) is 0 Å². The Morgan fingerprint density at radius 1 is 0.833 bits per heavy atom. The first kappa shape index (κ1) is 88.7. The zero-order valence-electron chi connectivity index (χ0n) is 11.3. The zero-order valence-corrected chi connectivity index (χ0v) is 15.8. The van der Waals surface area contributed by atoms with Gasteiger partial charge >= 0.3 is 59.1 Å². The summed E-state index contributed by atoms with van der Waals surface area (Å²) in [6.07, 6.45) is 0. The van der Waals surface area contributed by atoms with E-state index in [1.807, 2.05) is 0 Å². The van der Waals surface area contributed by atoms with Gasteiger partial charge in [-0.25, -0.2) is 0 Å². The van der Waals surface area contributed by atoms with Crippen LogP contribution in [-0.2, 0) is 31.6 Å². The fourth-order valence-electron chi connectivity index (χ4n) is 0. The van der Waals surface area contributed by atoms with Crippen LogP contribution in [0.3, 0.4) is 0 Å². The summed E-state index contributed by atoms with van der Waals surface area (Å²) in [7, 11) is -3.83. The number of hydrogen-bond acceptors (Lipinski definition) is 3. The van der Waals surface area contributed by atoms with E-state index in [2.05, 4.69) is 11.2 Å². The summed E-state index contributed by atoms with van der Waals surface area (Å²) in [4.78, 5) is 0.